The van der Waals surface area contributed by atoms with E-state index in [1.165, 1.54) is 19.3 Å². The third-order valence-corrected chi connectivity index (χ3v) is 3.63. The molecule has 0 fully saturated rings. The fourth-order valence-corrected chi connectivity index (χ4v) is 3.06. The molecule has 0 aromatic rings. The predicted octanol–water partition coefficient (Wildman–Crippen LogP) is 4.52. The molecule has 0 atom stereocenters. The Morgan fingerprint density at radius 2 is 1.50 bits per heavy atom. The first-order valence-corrected chi connectivity index (χ1v) is 7.64. The standard InChI is InChI=1S/C16H33NO/c1-6-7-8-9-10-16(15(17)18,11-13(2)3)12-14(4)5/h13-14H,6-12H2,1-5H3,(H2,17,18). The minimum absolute atomic E-state index is 0.0820. The predicted molar refractivity (Wildman–Crippen MR) is 79.3 cm³/mol. The van der Waals surface area contributed by atoms with Crippen LogP contribution in [0, 0.1) is 17.3 Å². The van der Waals surface area contributed by atoms with Crippen molar-refractivity contribution >= 4 is 5.91 Å². The van der Waals surface area contributed by atoms with Gasteiger partial charge in [0.2, 0.25) is 5.91 Å². The molecule has 1 amide bonds. The summed E-state index contributed by atoms with van der Waals surface area (Å²) in [6.45, 7) is 11.0. The van der Waals surface area contributed by atoms with Crippen LogP contribution in [-0.2, 0) is 4.79 Å². The van der Waals surface area contributed by atoms with Gasteiger partial charge in [0.1, 0.15) is 0 Å². The summed E-state index contributed by atoms with van der Waals surface area (Å²) in [5.74, 6) is 0.978. The van der Waals surface area contributed by atoms with Crippen LogP contribution in [0.4, 0.5) is 0 Å². The third-order valence-electron chi connectivity index (χ3n) is 3.63. The lowest BCUT2D eigenvalue weighted by molar-refractivity contribution is -0.130. The molecule has 0 saturated heterocycles. The Labute approximate surface area is 114 Å². The second-order valence-electron chi connectivity index (χ2n) is 6.65. The topological polar surface area (TPSA) is 43.1 Å². The highest BCUT2D eigenvalue weighted by atomic mass is 16.1. The van der Waals surface area contributed by atoms with Gasteiger partial charge in [0, 0.05) is 5.41 Å². The van der Waals surface area contributed by atoms with Crippen LogP contribution in [0.25, 0.3) is 0 Å². The van der Waals surface area contributed by atoms with E-state index in [1.807, 2.05) is 0 Å². The van der Waals surface area contributed by atoms with Gasteiger partial charge in [0.05, 0.1) is 0 Å². The number of hydrogen-bond donors (Lipinski definition) is 1. The molecule has 0 unspecified atom stereocenters. The van der Waals surface area contributed by atoms with E-state index in [-0.39, 0.29) is 11.3 Å². The van der Waals surface area contributed by atoms with Crippen molar-refractivity contribution in [2.45, 2.75) is 79.6 Å². The maximum Gasteiger partial charge on any atom is 0.223 e. The molecule has 0 heterocycles. The van der Waals surface area contributed by atoms with E-state index in [1.54, 1.807) is 0 Å². The van der Waals surface area contributed by atoms with Crippen LogP contribution in [0.2, 0.25) is 0 Å². The van der Waals surface area contributed by atoms with Gasteiger partial charge >= 0.3 is 0 Å². The first-order valence-electron chi connectivity index (χ1n) is 7.64. The van der Waals surface area contributed by atoms with Crippen LogP contribution in [-0.4, -0.2) is 5.91 Å². The van der Waals surface area contributed by atoms with Gasteiger partial charge in [0.15, 0.2) is 0 Å². The molecule has 0 aromatic carbocycles. The fraction of sp³-hybridized carbons (Fsp3) is 0.938. The van der Waals surface area contributed by atoms with Gasteiger partial charge in [-0.25, -0.2) is 0 Å². The molecule has 0 aliphatic rings. The summed E-state index contributed by atoms with van der Waals surface area (Å²) in [5.41, 5.74) is 5.48. The minimum Gasteiger partial charge on any atom is -0.369 e. The average Bonchev–Trinajstić information content (AvgIpc) is 2.22. The van der Waals surface area contributed by atoms with Gasteiger partial charge in [0.25, 0.3) is 0 Å². The lowest BCUT2D eigenvalue weighted by Gasteiger charge is -2.34. The van der Waals surface area contributed by atoms with Crippen molar-refractivity contribution in [1.82, 2.24) is 0 Å². The van der Waals surface area contributed by atoms with E-state index in [9.17, 15) is 4.79 Å². The summed E-state index contributed by atoms with van der Waals surface area (Å²) in [6.07, 6.45) is 7.70. The van der Waals surface area contributed by atoms with Crippen molar-refractivity contribution in [1.29, 1.82) is 0 Å². The summed E-state index contributed by atoms with van der Waals surface area (Å²) in [7, 11) is 0. The van der Waals surface area contributed by atoms with Crippen molar-refractivity contribution in [3.8, 4) is 0 Å². The number of rotatable bonds is 10. The van der Waals surface area contributed by atoms with E-state index in [0.29, 0.717) is 11.8 Å². The average molecular weight is 255 g/mol. The van der Waals surface area contributed by atoms with Gasteiger partial charge in [-0.1, -0.05) is 60.3 Å². The Kier molecular flexibility index (Phi) is 8.30. The summed E-state index contributed by atoms with van der Waals surface area (Å²) in [5, 5.41) is 0. The van der Waals surface area contributed by atoms with Crippen LogP contribution >= 0.6 is 0 Å². The summed E-state index contributed by atoms with van der Waals surface area (Å²) in [6, 6.07) is 0. The Morgan fingerprint density at radius 1 is 1.00 bits per heavy atom. The van der Waals surface area contributed by atoms with Gasteiger partial charge < -0.3 is 5.73 Å². The molecule has 0 aliphatic heterocycles. The molecule has 2 N–H and O–H groups in total. The molecule has 108 valence electrons. The van der Waals surface area contributed by atoms with Crippen LogP contribution < -0.4 is 5.73 Å². The van der Waals surface area contributed by atoms with Crippen LogP contribution in [0.15, 0.2) is 0 Å². The van der Waals surface area contributed by atoms with Crippen LogP contribution in [0.5, 0.6) is 0 Å². The number of nitrogens with two attached hydrogens (primary N) is 1. The third kappa shape index (κ3) is 6.42. The smallest absolute Gasteiger partial charge is 0.223 e. The van der Waals surface area contributed by atoms with Crippen molar-refractivity contribution in [2.75, 3.05) is 0 Å². The molecule has 0 saturated carbocycles. The van der Waals surface area contributed by atoms with Gasteiger partial charge in [-0.2, -0.15) is 0 Å². The normalized spacial score (nSPS) is 12.4. The number of carbonyl (C=O) groups is 1. The molecule has 0 aliphatic carbocycles. The van der Waals surface area contributed by atoms with E-state index in [2.05, 4.69) is 34.6 Å². The molecular weight excluding hydrogens is 222 g/mol. The van der Waals surface area contributed by atoms with Crippen molar-refractivity contribution in [3.63, 3.8) is 0 Å². The molecule has 0 bridgehead atoms. The lowest BCUT2D eigenvalue weighted by Crippen LogP contribution is -2.39. The van der Waals surface area contributed by atoms with Gasteiger partial charge in [-0.3, -0.25) is 4.79 Å². The van der Waals surface area contributed by atoms with Crippen LogP contribution in [0.1, 0.15) is 79.6 Å². The van der Waals surface area contributed by atoms with Crippen molar-refractivity contribution in [3.05, 3.63) is 0 Å². The molecule has 2 heteroatoms. The zero-order chi connectivity index (χ0) is 14.2. The van der Waals surface area contributed by atoms with E-state index < -0.39 is 0 Å². The SMILES string of the molecule is CCCCCCC(CC(C)C)(CC(C)C)C(N)=O. The first kappa shape index (κ1) is 17.5. The molecule has 0 radical (unpaired) electrons. The van der Waals surface area contributed by atoms with E-state index in [0.717, 1.165) is 25.7 Å². The Morgan fingerprint density at radius 3 is 1.83 bits per heavy atom. The number of hydrogen-bond acceptors (Lipinski definition) is 1. The molecule has 2 nitrogen and oxygen atoms in total. The maximum atomic E-state index is 12.0. The second-order valence-corrected chi connectivity index (χ2v) is 6.65. The zero-order valence-corrected chi connectivity index (χ0v) is 13.1. The Bertz CT molecular complexity index is 223. The zero-order valence-electron chi connectivity index (χ0n) is 13.1. The quantitative estimate of drug-likeness (QED) is 0.573. The maximum absolute atomic E-state index is 12.0. The van der Waals surface area contributed by atoms with Gasteiger partial charge in [-0.05, 0) is 31.1 Å². The highest BCUT2D eigenvalue weighted by Gasteiger charge is 2.36. The Hall–Kier alpha value is -0.530. The van der Waals surface area contributed by atoms with E-state index >= 15 is 0 Å². The van der Waals surface area contributed by atoms with Gasteiger partial charge in [-0.15, -0.1) is 0 Å². The monoisotopic (exact) mass is 255 g/mol. The van der Waals surface area contributed by atoms with Crippen molar-refractivity contribution < 1.29 is 4.79 Å². The number of amides is 1. The molecule has 0 rings (SSSR count). The minimum atomic E-state index is -0.268. The molecule has 18 heavy (non-hydrogen) atoms. The largest absolute Gasteiger partial charge is 0.369 e. The lowest BCUT2D eigenvalue weighted by atomic mass is 9.70. The summed E-state index contributed by atoms with van der Waals surface area (Å²) < 4.78 is 0. The fourth-order valence-electron chi connectivity index (χ4n) is 3.06. The highest BCUT2D eigenvalue weighted by molar-refractivity contribution is 5.80. The molecule has 0 aromatic heterocycles. The number of unbranched alkanes of at least 4 members (excludes halogenated alkanes) is 3. The second kappa shape index (κ2) is 8.55. The summed E-state index contributed by atoms with van der Waals surface area (Å²) >= 11 is 0. The highest BCUT2D eigenvalue weighted by Crippen LogP contribution is 2.38. The molecule has 0 spiro atoms. The number of primary amides is 1. The van der Waals surface area contributed by atoms with E-state index in [4.69, 9.17) is 5.73 Å². The van der Waals surface area contributed by atoms with Crippen molar-refractivity contribution in [2.24, 2.45) is 23.0 Å². The van der Waals surface area contributed by atoms with Crippen LogP contribution in [0.3, 0.4) is 0 Å². The molecular formula is C16H33NO. The first-order chi connectivity index (χ1) is 8.34. The number of carbonyl (C=O) groups excluding carboxylic acids is 1. The Balaban J connectivity index is 4.67. The summed E-state index contributed by atoms with van der Waals surface area (Å²) in [4.78, 5) is 12.0.